The van der Waals surface area contributed by atoms with Crippen LogP contribution in [0, 0.1) is 12.4 Å². The second-order valence-electron chi connectivity index (χ2n) is 6.82. The second kappa shape index (κ2) is 9.33. The Kier molecular flexibility index (Phi) is 6.83. The van der Waals surface area contributed by atoms with Gasteiger partial charge in [-0.05, 0) is 35.4 Å². The van der Waals surface area contributed by atoms with Gasteiger partial charge in [0.15, 0.2) is 0 Å². The van der Waals surface area contributed by atoms with Gasteiger partial charge in [0, 0.05) is 0 Å². The second-order valence-corrected chi connectivity index (χ2v) is 8.28. The van der Waals surface area contributed by atoms with E-state index in [1.54, 1.807) is 0 Å². The van der Waals surface area contributed by atoms with Gasteiger partial charge < -0.3 is 15.2 Å². The molecule has 15 heteroatoms. The van der Waals surface area contributed by atoms with Gasteiger partial charge in [-0.3, -0.25) is 18.9 Å². The molecule has 0 aromatic heterocycles. The molecular weight excluding hydrogens is 504 g/mol. The van der Waals surface area contributed by atoms with Gasteiger partial charge in [0.05, 0.1) is 5.69 Å². The molecule has 0 aliphatic carbocycles. The van der Waals surface area contributed by atoms with Crippen molar-refractivity contribution in [2.45, 2.75) is 18.0 Å². The van der Waals surface area contributed by atoms with Gasteiger partial charge in [0.25, 0.3) is 16.0 Å². The molecule has 2 atom stereocenters. The lowest BCUT2D eigenvalue weighted by Gasteiger charge is -2.11. The summed E-state index contributed by atoms with van der Waals surface area (Å²) >= 11 is 0. The van der Waals surface area contributed by atoms with Crippen LogP contribution in [-0.4, -0.2) is 48.0 Å². The zero-order valence-electron chi connectivity index (χ0n) is 16.9. The average Bonchev–Trinajstić information content (AvgIpc) is 3.15. The standard InChI is InChI=1S/C20H12F4N2O8S/c1-25-17-14(15(18(28)29)19(33-17)35(30,31)32)16(27)26-13-6-5-10(8-12(13)21)9-3-2-4-11(7-9)34-20(22,23)24/h2-8,17,19H,(H,26,27)(H,28,29)(H,30,31,32). The molecule has 35 heavy (non-hydrogen) atoms. The number of nitrogens with zero attached hydrogens (tertiary/aromatic N) is 1. The third kappa shape index (κ3) is 5.74. The van der Waals surface area contributed by atoms with Crippen LogP contribution in [0.1, 0.15) is 0 Å². The lowest BCUT2D eigenvalue weighted by Crippen LogP contribution is -2.27. The Hall–Kier alpha value is -4.00. The largest absolute Gasteiger partial charge is 0.573 e. The first-order chi connectivity index (χ1) is 16.2. The van der Waals surface area contributed by atoms with Crippen LogP contribution in [0.4, 0.5) is 23.2 Å². The van der Waals surface area contributed by atoms with Gasteiger partial charge >= 0.3 is 18.6 Å². The Balaban J connectivity index is 1.92. The van der Waals surface area contributed by atoms with Gasteiger partial charge in [-0.2, -0.15) is 8.42 Å². The molecule has 0 bridgehead atoms. The molecule has 0 spiro atoms. The zero-order chi connectivity index (χ0) is 26.1. The molecule has 0 saturated heterocycles. The topological polar surface area (TPSA) is 144 Å². The highest BCUT2D eigenvalue weighted by molar-refractivity contribution is 7.86. The van der Waals surface area contributed by atoms with E-state index in [0.717, 1.165) is 24.3 Å². The third-order valence-corrected chi connectivity index (χ3v) is 5.39. The number of aliphatic carboxylic acids is 1. The Morgan fingerprint density at radius 3 is 2.31 bits per heavy atom. The molecule has 1 aliphatic rings. The van der Waals surface area contributed by atoms with Gasteiger partial charge in [-0.1, -0.05) is 18.2 Å². The molecule has 2 aromatic rings. The minimum atomic E-state index is -5.18. The van der Waals surface area contributed by atoms with Crippen LogP contribution < -0.4 is 10.1 Å². The smallest absolute Gasteiger partial charge is 0.478 e. The number of alkyl halides is 3. The molecule has 3 rings (SSSR count). The van der Waals surface area contributed by atoms with Crippen molar-refractivity contribution in [1.29, 1.82) is 0 Å². The summed E-state index contributed by atoms with van der Waals surface area (Å²) in [5.74, 6) is -5.01. The fraction of sp³-hybridized carbons (Fsp3) is 0.150. The first-order valence-corrected chi connectivity index (χ1v) is 10.6. The van der Waals surface area contributed by atoms with E-state index in [1.165, 1.54) is 18.2 Å². The average molecular weight is 516 g/mol. The van der Waals surface area contributed by atoms with E-state index in [-0.39, 0.29) is 11.1 Å². The number of hydrogen-bond acceptors (Lipinski definition) is 6. The quantitative estimate of drug-likeness (QED) is 0.302. The first kappa shape index (κ1) is 25.6. The number of ether oxygens (including phenoxy) is 2. The van der Waals surface area contributed by atoms with Crippen LogP contribution >= 0.6 is 0 Å². The highest BCUT2D eigenvalue weighted by Gasteiger charge is 2.51. The van der Waals surface area contributed by atoms with Crippen LogP contribution in [0.3, 0.4) is 0 Å². The van der Waals surface area contributed by atoms with E-state index < -0.39 is 68.4 Å². The normalized spacial score (nSPS) is 18.2. The predicted octanol–water partition coefficient (Wildman–Crippen LogP) is 3.20. The van der Waals surface area contributed by atoms with Crippen LogP contribution in [0.15, 0.2) is 53.6 Å². The highest BCUT2D eigenvalue weighted by Crippen LogP contribution is 2.34. The number of halogens is 4. The Morgan fingerprint density at radius 2 is 1.77 bits per heavy atom. The highest BCUT2D eigenvalue weighted by atomic mass is 32.2. The Labute approximate surface area is 194 Å². The van der Waals surface area contributed by atoms with Crippen molar-refractivity contribution in [3.05, 3.63) is 70.8 Å². The summed E-state index contributed by atoms with van der Waals surface area (Å²) in [5.41, 5.74) is -5.00. The van der Waals surface area contributed by atoms with Crippen molar-refractivity contribution in [3.8, 4) is 16.9 Å². The Bertz CT molecular complexity index is 1380. The number of carboxylic acids is 1. The molecule has 2 unspecified atom stereocenters. The van der Waals surface area contributed by atoms with Crippen LogP contribution in [0.25, 0.3) is 16.0 Å². The summed E-state index contributed by atoms with van der Waals surface area (Å²) < 4.78 is 92.5. The molecule has 1 heterocycles. The number of hydrogen-bond donors (Lipinski definition) is 3. The van der Waals surface area contributed by atoms with Gasteiger partial charge in [0.1, 0.15) is 22.7 Å². The SMILES string of the molecule is [C-]#[N+]C1OC(S(=O)(=O)O)C(C(=O)O)=C1C(=O)Nc1ccc(-c2cccc(OC(F)(F)F)c2)cc1F. The fourth-order valence-electron chi connectivity index (χ4n) is 3.14. The number of carbonyl (C=O) groups excluding carboxylic acids is 1. The number of amides is 1. The molecule has 2 aromatic carbocycles. The molecule has 1 amide bonds. The molecule has 0 fully saturated rings. The summed E-state index contributed by atoms with van der Waals surface area (Å²) in [6.45, 7) is 7.03. The summed E-state index contributed by atoms with van der Waals surface area (Å²) in [7, 11) is -5.18. The maximum atomic E-state index is 14.7. The number of carboxylic acid groups (broad SMARTS) is 1. The van der Waals surface area contributed by atoms with Crippen molar-refractivity contribution in [3.63, 3.8) is 0 Å². The van der Waals surface area contributed by atoms with Gasteiger partial charge in [-0.25, -0.2) is 15.8 Å². The lowest BCUT2D eigenvalue weighted by atomic mass is 10.0. The van der Waals surface area contributed by atoms with Crippen molar-refractivity contribution in [2.24, 2.45) is 0 Å². The fourth-order valence-corrected chi connectivity index (χ4v) is 3.91. The summed E-state index contributed by atoms with van der Waals surface area (Å²) in [6.07, 6.45) is -6.96. The summed E-state index contributed by atoms with van der Waals surface area (Å²) in [4.78, 5) is 27.0. The number of nitrogens with one attached hydrogen (secondary N) is 1. The lowest BCUT2D eigenvalue weighted by molar-refractivity contribution is -0.274. The number of anilines is 1. The molecular formula is C20H12F4N2O8S. The molecule has 0 saturated carbocycles. The van der Waals surface area contributed by atoms with Crippen LogP contribution in [-0.2, 0) is 24.4 Å². The van der Waals surface area contributed by atoms with Gasteiger partial charge in [-0.15, -0.1) is 13.2 Å². The minimum absolute atomic E-state index is 0.0910. The molecule has 0 radical (unpaired) electrons. The first-order valence-electron chi connectivity index (χ1n) is 9.14. The van der Waals surface area contributed by atoms with E-state index >= 15 is 0 Å². The third-order valence-electron chi connectivity index (χ3n) is 4.51. The summed E-state index contributed by atoms with van der Waals surface area (Å²) in [5, 5.41) is 11.3. The zero-order valence-corrected chi connectivity index (χ0v) is 17.7. The van der Waals surface area contributed by atoms with E-state index in [4.69, 9.17) is 6.57 Å². The van der Waals surface area contributed by atoms with Crippen LogP contribution in [0.5, 0.6) is 5.75 Å². The van der Waals surface area contributed by atoms with Crippen molar-refractivity contribution in [2.75, 3.05) is 5.32 Å². The molecule has 3 N–H and O–H groups in total. The molecule has 10 nitrogen and oxygen atoms in total. The number of rotatable bonds is 6. The van der Waals surface area contributed by atoms with E-state index in [1.807, 2.05) is 5.32 Å². The van der Waals surface area contributed by atoms with Crippen molar-refractivity contribution >= 4 is 27.7 Å². The van der Waals surface area contributed by atoms with E-state index in [2.05, 4.69) is 14.3 Å². The van der Waals surface area contributed by atoms with E-state index in [0.29, 0.717) is 0 Å². The number of benzene rings is 2. The maximum absolute atomic E-state index is 14.7. The van der Waals surface area contributed by atoms with Crippen molar-refractivity contribution < 1.29 is 54.7 Å². The molecule has 184 valence electrons. The summed E-state index contributed by atoms with van der Waals surface area (Å²) in [6, 6.07) is 7.71. The van der Waals surface area contributed by atoms with E-state index in [9.17, 15) is 45.2 Å². The van der Waals surface area contributed by atoms with Crippen molar-refractivity contribution in [1.82, 2.24) is 0 Å². The number of carbonyl (C=O) groups is 2. The maximum Gasteiger partial charge on any atom is 0.573 e. The van der Waals surface area contributed by atoms with Crippen LogP contribution in [0.2, 0.25) is 0 Å². The molecule has 1 aliphatic heterocycles. The van der Waals surface area contributed by atoms with Gasteiger partial charge in [0.2, 0.25) is 5.44 Å². The Morgan fingerprint density at radius 1 is 1.11 bits per heavy atom. The minimum Gasteiger partial charge on any atom is -0.478 e. The predicted molar refractivity (Wildman–Crippen MR) is 109 cm³/mol. The monoisotopic (exact) mass is 516 g/mol.